The lowest BCUT2D eigenvalue weighted by molar-refractivity contribution is -0.135. The van der Waals surface area contributed by atoms with Gasteiger partial charge in [-0.3, -0.25) is 23.7 Å². The summed E-state index contributed by atoms with van der Waals surface area (Å²) >= 11 is 0. The van der Waals surface area contributed by atoms with Crippen LogP contribution in [0.5, 0.6) is 5.75 Å². The average Bonchev–Trinajstić information content (AvgIpc) is 3.44. The van der Waals surface area contributed by atoms with Crippen LogP contribution in [0.25, 0.3) is 0 Å². The molecule has 2 N–H and O–H groups in total. The molecule has 0 aliphatic carbocycles. The monoisotopic (exact) mass is 583 g/mol. The Morgan fingerprint density at radius 2 is 1.88 bits per heavy atom. The summed E-state index contributed by atoms with van der Waals surface area (Å²) in [6.07, 6.45) is -0.552. The summed E-state index contributed by atoms with van der Waals surface area (Å²) < 4.78 is 107. The second kappa shape index (κ2) is 13.7. The fourth-order valence-corrected chi connectivity index (χ4v) is 3.10. The first-order chi connectivity index (χ1) is 23.1. The molecule has 0 saturated heterocycles. The molecular formula is C26H31FN6O8. The van der Waals surface area contributed by atoms with Crippen LogP contribution in [0, 0.1) is 12.7 Å². The minimum Gasteiger partial charge on any atom is -0.418 e. The molecule has 1 aromatic carbocycles. The predicted octanol–water partition coefficient (Wildman–Crippen LogP) is 1.16. The number of amides is 2. The van der Waals surface area contributed by atoms with Crippen LogP contribution in [0.2, 0.25) is 0 Å². The zero-order valence-corrected chi connectivity index (χ0v) is 21.8. The minimum absolute atomic E-state index is 0.0597. The number of nitrogens with zero attached hydrogens (tertiary/aromatic N) is 4. The summed E-state index contributed by atoms with van der Waals surface area (Å²) in [6, 6.07) is 4.67. The molecule has 0 fully saturated rings. The summed E-state index contributed by atoms with van der Waals surface area (Å²) in [5.41, 5.74) is -6.71. The van der Waals surface area contributed by atoms with Crippen molar-refractivity contribution < 1.29 is 49.7 Å². The zero-order valence-electron chi connectivity index (χ0n) is 30.8. The smallest absolute Gasteiger partial charge is 0.313 e. The number of rotatable bonds is 13. The van der Waals surface area contributed by atoms with Crippen LogP contribution >= 0.6 is 0 Å². The van der Waals surface area contributed by atoms with E-state index >= 15 is 0 Å². The van der Waals surface area contributed by atoms with Gasteiger partial charge in [0, 0.05) is 39.9 Å². The standard InChI is InChI=1S/C26H31FN6O8/c1-15-31-32-23(40-15)22(36)30-26(2,3)25-29-19(21(35)28-14-16-6-8-17(27)9-7-16)20(24(37)33(25)4)41-18(34)10-11-39-13-12-38-5/h6-9H,10-14H2,1-5H3,(H,28,35)(H,30,36)/i2D3,3D3,4D3. The molecule has 0 aliphatic rings. The molecule has 2 amide bonds. The summed E-state index contributed by atoms with van der Waals surface area (Å²) in [4.78, 5) is 57.3. The number of halogens is 1. The zero-order chi connectivity index (χ0) is 37.7. The SMILES string of the molecule is [2H]C([2H])([2H])n1c(C(NC(=O)c2nnc(C)o2)(C([2H])([2H])[2H])C([2H])([2H])[2H])nc(C(=O)NCc2ccc(F)cc2)c(OC(=O)CCOCCOC)c1=O. The van der Waals surface area contributed by atoms with Crippen molar-refractivity contribution in [1.29, 1.82) is 0 Å². The van der Waals surface area contributed by atoms with E-state index in [0.29, 0.717) is 5.56 Å². The molecule has 0 aliphatic heterocycles. The number of nitrogens with one attached hydrogen (secondary N) is 2. The van der Waals surface area contributed by atoms with Crippen molar-refractivity contribution in [2.24, 2.45) is 6.98 Å². The van der Waals surface area contributed by atoms with E-state index in [4.69, 9.17) is 31.0 Å². The first-order valence-corrected chi connectivity index (χ1v) is 11.7. The molecule has 0 radical (unpaired) electrons. The average molecular weight is 584 g/mol. The van der Waals surface area contributed by atoms with Gasteiger partial charge in [-0.05, 0) is 31.4 Å². The third kappa shape index (κ3) is 8.25. The van der Waals surface area contributed by atoms with Crippen molar-refractivity contribution in [1.82, 2.24) is 30.4 Å². The number of aryl methyl sites for hydroxylation is 1. The highest BCUT2D eigenvalue weighted by Crippen LogP contribution is 2.22. The van der Waals surface area contributed by atoms with Crippen molar-refractivity contribution in [3.8, 4) is 5.75 Å². The van der Waals surface area contributed by atoms with Crippen LogP contribution in [0.3, 0.4) is 0 Å². The summed E-state index contributed by atoms with van der Waals surface area (Å²) in [7, 11) is 1.40. The molecule has 15 heteroatoms. The molecule has 3 rings (SSSR count). The molecule has 41 heavy (non-hydrogen) atoms. The number of hydrogen-bond donors (Lipinski definition) is 2. The highest BCUT2D eigenvalue weighted by atomic mass is 19.1. The normalized spacial score (nSPS) is 15.4. The number of aromatic nitrogens is 4. The Kier molecular flexibility index (Phi) is 6.82. The molecule has 2 aromatic heterocycles. The Bertz CT molecular complexity index is 1740. The van der Waals surface area contributed by atoms with Gasteiger partial charge in [0.05, 0.1) is 31.8 Å². The van der Waals surface area contributed by atoms with Gasteiger partial charge in [0.25, 0.3) is 11.5 Å². The number of benzene rings is 1. The number of ether oxygens (including phenoxy) is 3. The van der Waals surface area contributed by atoms with Gasteiger partial charge in [0.15, 0.2) is 5.69 Å². The van der Waals surface area contributed by atoms with Crippen molar-refractivity contribution in [3.63, 3.8) is 0 Å². The number of esters is 1. The Morgan fingerprint density at radius 1 is 1.12 bits per heavy atom. The number of carbonyl (C=O) groups excluding carboxylic acids is 3. The van der Waals surface area contributed by atoms with Gasteiger partial charge in [-0.15, -0.1) is 10.2 Å². The number of hydrogen-bond acceptors (Lipinski definition) is 11. The molecular weight excluding hydrogens is 543 g/mol. The summed E-state index contributed by atoms with van der Waals surface area (Å²) in [5.74, 6) is -9.01. The molecule has 3 aromatic rings. The maximum Gasteiger partial charge on any atom is 0.313 e. The minimum atomic E-state index is -3.96. The molecule has 0 bridgehead atoms. The van der Waals surface area contributed by atoms with Gasteiger partial charge in [0.1, 0.15) is 11.6 Å². The Labute approximate surface area is 246 Å². The Morgan fingerprint density at radius 3 is 2.51 bits per heavy atom. The van der Waals surface area contributed by atoms with E-state index < -0.39 is 91.5 Å². The maximum absolute atomic E-state index is 14.0. The van der Waals surface area contributed by atoms with E-state index in [-0.39, 0.29) is 30.3 Å². The van der Waals surface area contributed by atoms with Crippen molar-refractivity contribution in [2.75, 3.05) is 26.9 Å². The van der Waals surface area contributed by atoms with Crippen molar-refractivity contribution in [3.05, 3.63) is 69.3 Å². The summed E-state index contributed by atoms with van der Waals surface area (Å²) in [6.45, 7) is -10.9. The fraction of sp³-hybridized carbons (Fsp3) is 0.423. The molecule has 2 heterocycles. The van der Waals surface area contributed by atoms with E-state index in [2.05, 4.69) is 20.5 Å². The third-order valence-corrected chi connectivity index (χ3v) is 5.08. The lowest BCUT2D eigenvalue weighted by Gasteiger charge is -2.27. The van der Waals surface area contributed by atoms with Gasteiger partial charge >= 0.3 is 17.8 Å². The molecule has 0 unspecified atom stereocenters. The maximum atomic E-state index is 14.0. The Balaban J connectivity index is 2.33. The third-order valence-electron chi connectivity index (χ3n) is 5.08. The second-order valence-corrected chi connectivity index (χ2v) is 8.22. The second-order valence-electron chi connectivity index (χ2n) is 8.22. The van der Waals surface area contributed by atoms with E-state index in [1.165, 1.54) is 26.2 Å². The first kappa shape index (κ1) is 20.4. The predicted molar refractivity (Wildman–Crippen MR) is 140 cm³/mol. The fourth-order valence-electron chi connectivity index (χ4n) is 3.10. The lowest BCUT2D eigenvalue weighted by atomic mass is 10.0. The highest BCUT2D eigenvalue weighted by molar-refractivity contribution is 5.95. The van der Waals surface area contributed by atoms with Crippen molar-refractivity contribution >= 4 is 17.8 Å². The van der Waals surface area contributed by atoms with Crippen molar-refractivity contribution in [2.45, 2.75) is 39.1 Å². The van der Waals surface area contributed by atoms with Crippen LogP contribution in [0.4, 0.5) is 4.39 Å². The van der Waals surface area contributed by atoms with E-state index in [9.17, 15) is 23.6 Å². The topological polar surface area (TPSA) is 177 Å². The quantitative estimate of drug-likeness (QED) is 0.218. The van der Waals surface area contributed by atoms with Crippen LogP contribution in [-0.4, -0.2) is 64.5 Å². The molecule has 0 saturated carbocycles. The van der Waals surface area contributed by atoms with Crippen LogP contribution in [0.1, 0.15) is 70.9 Å². The number of carbonyl (C=O) groups is 3. The van der Waals surface area contributed by atoms with Crippen LogP contribution < -0.4 is 20.9 Å². The van der Waals surface area contributed by atoms with Gasteiger partial charge in [0.2, 0.25) is 11.6 Å². The van der Waals surface area contributed by atoms with E-state index in [1.54, 1.807) is 5.32 Å². The van der Waals surface area contributed by atoms with E-state index in [0.717, 1.165) is 12.1 Å². The van der Waals surface area contributed by atoms with E-state index in [1.807, 2.05) is 0 Å². The summed E-state index contributed by atoms with van der Waals surface area (Å²) in [5, 5.41) is 10.8. The largest absolute Gasteiger partial charge is 0.418 e. The van der Waals surface area contributed by atoms with Crippen LogP contribution in [-0.2, 0) is 33.3 Å². The van der Waals surface area contributed by atoms with Gasteiger partial charge < -0.3 is 29.3 Å². The number of methoxy groups -OCH3 is 1. The molecule has 220 valence electrons. The van der Waals surface area contributed by atoms with Gasteiger partial charge in [-0.2, -0.15) is 0 Å². The first-order valence-electron chi connectivity index (χ1n) is 16.2. The van der Waals surface area contributed by atoms with Gasteiger partial charge in [-0.1, -0.05) is 12.1 Å². The Hall–Kier alpha value is -4.50. The highest BCUT2D eigenvalue weighted by Gasteiger charge is 2.33. The molecule has 0 atom stereocenters. The van der Waals surface area contributed by atoms with Gasteiger partial charge in [-0.25, -0.2) is 9.37 Å². The lowest BCUT2D eigenvalue weighted by Crippen LogP contribution is -2.46. The van der Waals surface area contributed by atoms with Crippen LogP contribution in [0.15, 0.2) is 33.5 Å². The molecule has 0 spiro atoms. The molecule has 14 nitrogen and oxygen atoms in total.